The number of rotatable bonds is 26. The minimum Gasteiger partial charge on any atom is -1.00 e. The molecule has 79 heavy (non-hydrogen) atoms. The van der Waals surface area contributed by atoms with Gasteiger partial charge in [-0.2, -0.15) is 4.59 Å². The zero-order valence-corrected chi connectivity index (χ0v) is 53.4. The minimum absolute atomic E-state index is 0. The minimum atomic E-state index is -0.373. The molecule has 1 saturated heterocycles. The standard InChI is InChI=1S/C69H116N5O4.ClH/c1-13-15-17-19-21-23-25-27-29-31-47-74(48-32-30-28-26-24-22-20-18-16-14-2)50-73-53(6)49-52(5)60(62(73)70-74)63(76)71-43-45-72(46-44-71)64(77)69-40-35-55(51(3)4)61(69)56-33-34-58-66(10)38-37-59(78-54(7)75)65(8,9)57(66)36-39-68(58,12)67(56,11)41-42-69;/h49,55-59,61H,3,13-48,50H2,1-2,4-12H3;1H/q+1;/p-1/t55-,56+,57-,58+,59-,61+,66-,67+,68+,69-;/m0./s1. The van der Waals surface area contributed by atoms with Crippen LogP contribution in [-0.4, -0.2) is 95.0 Å². The molecule has 0 aromatic heterocycles. The summed E-state index contributed by atoms with van der Waals surface area (Å²) in [4.78, 5) is 49.8. The van der Waals surface area contributed by atoms with Gasteiger partial charge in [-0.3, -0.25) is 19.3 Å². The molecule has 8 aliphatic rings. The molecule has 0 spiro atoms. The Hall–Kier alpha value is -2.65. The van der Waals surface area contributed by atoms with Gasteiger partial charge >= 0.3 is 5.97 Å². The molecule has 5 aliphatic carbocycles. The van der Waals surface area contributed by atoms with Gasteiger partial charge < -0.3 is 26.9 Å². The molecule has 0 N–H and O–H groups in total. The maximum atomic E-state index is 15.7. The molecule has 10 atom stereocenters. The summed E-state index contributed by atoms with van der Waals surface area (Å²) in [5.74, 6) is 3.47. The summed E-state index contributed by atoms with van der Waals surface area (Å²) in [5, 5.41) is 5.71. The third-order valence-corrected chi connectivity index (χ3v) is 24.1. The smallest absolute Gasteiger partial charge is 0.302 e. The van der Waals surface area contributed by atoms with E-state index in [9.17, 15) is 4.79 Å². The number of esters is 1. The van der Waals surface area contributed by atoms with Crippen molar-refractivity contribution in [3.63, 3.8) is 0 Å². The van der Waals surface area contributed by atoms with Crippen molar-refractivity contribution < 1.29 is 36.1 Å². The number of unbranched alkanes of at least 4 members (excludes halogenated alkanes) is 18. The van der Waals surface area contributed by atoms with Crippen LogP contribution in [0.5, 0.6) is 0 Å². The van der Waals surface area contributed by atoms with Crippen molar-refractivity contribution >= 4 is 23.6 Å². The van der Waals surface area contributed by atoms with E-state index < -0.39 is 0 Å². The Labute approximate surface area is 489 Å². The highest BCUT2D eigenvalue weighted by Crippen LogP contribution is 2.78. The van der Waals surface area contributed by atoms with Gasteiger partial charge in [-0.25, -0.2) is 0 Å². The maximum Gasteiger partial charge on any atom is 0.302 e. The number of nitrogens with zero attached hydrogens (tertiary/aromatic N) is 5. The lowest BCUT2D eigenvalue weighted by Crippen LogP contribution is -3.00. The number of ether oxygens (including phenoxy) is 1. The first-order valence-electron chi connectivity index (χ1n) is 33.3. The van der Waals surface area contributed by atoms with Crippen LogP contribution in [0.2, 0.25) is 0 Å². The molecule has 8 rings (SSSR count). The van der Waals surface area contributed by atoms with E-state index in [1.165, 1.54) is 165 Å². The Balaban J connectivity index is 0.00000903. The van der Waals surface area contributed by atoms with Gasteiger partial charge in [0.15, 0.2) is 6.67 Å². The number of halogens is 1. The van der Waals surface area contributed by atoms with Gasteiger partial charge in [0.2, 0.25) is 11.7 Å². The molecule has 0 radical (unpaired) electrons. The van der Waals surface area contributed by atoms with Crippen molar-refractivity contribution in [2.45, 2.75) is 275 Å². The van der Waals surface area contributed by atoms with Crippen LogP contribution in [0.4, 0.5) is 0 Å². The molecule has 0 aromatic rings. The van der Waals surface area contributed by atoms with E-state index in [1.807, 2.05) is 0 Å². The largest absolute Gasteiger partial charge is 1.00 e. The summed E-state index contributed by atoms with van der Waals surface area (Å²) in [6, 6.07) is 0. The second kappa shape index (κ2) is 26.9. The molecule has 0 aromatic carbocycles. The van der Waals surface area contributed by atoms with Gasteiger partial charge in [-0.05, 0) is 168 Å². The second-order valence-corrected chi connectivity index (χ2v) is 29.1. The molecule has 6 fully saturated rings. The highest BCUT2D eigenvalue weighted by molar-refractivity contribution is 6.22. The van der Waals surface area contributed by atoms with E-state index in [0.29, 0.717) is 66.3 Å². The monoisotopic (exact) mass is 1110 g/mol. The van der Waals surface area contributed by atoms with Crippen LogP contribution in [0.3, 0.4) is 0 Å². The Kier molecular flexibility index (Phi) is 21.8. The number of hydrogen-bond acceptors (Lipinski definition) is 6. The molecule has 5 saturated carbocycles. The molecule has 0 unspecified atom stereocenters. The Bertz CT molecular complexity index is 2190. The summed E-state index contributed by atoms with van der Waals surface area (Å²) in [6.07, 6.45) is 39.7. The first-order valence-corrected chi connectivity index (χ1v) is 33.3. The number of carbonyl (C=O) groups excluding carboxylic acids is 3. The first kappa shape index (κ1) is 63.9. The van der Waals surface area contributed by atoms with E-state index >= 15 is 9.59 Å². The molecule has 3 heterocycles. The molecule has 2 amide bonds. The van der Waals surface area contributed by atoms with Crippen LogP contribution in [0.15, 0.2) is 40.2 Å². The van der Waals surface area contributed by atoms with Gasteiger partial charge in [-0.1, -0.05) is 168 Å². The Morgan fingerprint density at radius 1 is 0.646 bits per heavy atom. The predicted molar refractivity (Wildman–Crippen MR) is 322 cm³/mol. The average Bonchev–Trinajstić information content (AvgIpc) is 3.38. The zero-order valence-electron chi connectivity index (χ0n) is 52.7. The summed E-state index contributed by atoms with van der Waals surface area (Å²) in [5.41, 5.74) is 4.33. The van der Waals surface area contributed by atoms with Crippen LogP contribution >= 0.6 is 0 Å². The molecule has 3 aliphatic heterocycles. The molecule has 0 bridgehead atoms. The lowest BCUT2D eigenvalue weighted by molar-refractivity contribution is -0.935. The Morgan fingerprint density at radius 2 is 1.19 bits per heavy atom. The first-order chi connectivity index (χ1) is 37.2. The van der Waals surface area contributed by atoms with Crippen molar-refractivity contribution in [3.8, 4) is 0 Å². The predicted octanol–water partition coefficient (Wildman–Crippen LogP) is 13.7. The van der Waals surface area contributed by atoms with Crippen molar-refractivity contribution in [2.24, 2.45) is 61.8 Å². The number of hydrogen-bond donors (Lipinski definition) is 0. The lowest BCUT2D eigenvalue weighted by atomic mass is 9.32. The summed E-state index contributed by atoms with van der Waals surface area (Å²) in [7, 11) is 0. The zero-order chi connectivity index (χ0) is 56.1. The van der Waals surface area contributed by atoms with E-state index in [1.54, 1.807) is 6.92 Å². The normalized spacial score (nSPS) is 33.4. The van der Waals surface area contributed by atoms with Gasteiger partial charge in [0.25, 0.3) is 5.91 Å². The fourth-order valence-corrected chi connectivity index (χ4v) is 19.6. The highest BCUT2D eigenvalue weighted by Gasteiger charge is 2.72. The summed E-state index contributed by atoms with van der Waals surface area (Å²) < 4.78 is 6.77. The molecule has 10 heteroatoms. The fraction of sp³-hybridized carbons (Fsp3) is 0.855. The molecular weight excluding hydrogens is 998 g/mol. The van der Waals surface area contributed by atoms with Crippen LogP contribution in [0.1, 0.15) is 269 Å². The number of piperazine rings is 1. The quantitative estimate of drug-likeness (QED) is 0.0373. The number of carbonyl (C=O) groups is 3. The SMILES string of the molecule is C=C(C)[C@@H]1CC[C@]2(C(=O)N3CCN(C(=O)C4=C(C)C=C(C)N5C[N+](CCCCCCCCCCCC)(CCCCCCCCCCCC)N=C45)CC3)CC[C@]3(C)[C@H](CC[C@@H]4[C@@]5(C)CC[C@H](OC(C)=O)C(C)(C)[C@@H]5CC[C@]43C)[C@@H]12.[Cl-]. The van der Waals surface area contributed by atoms with Crippen molar-refractivity contribution in [1.82, 2.24) is 14.7 Å². The number of amidine groups is 1. The lowest BCUT2D eigenvalue weighted by Gasteiger charge is -2.73. The van der Waals surface area contributed by atoms with Crippen LogP contribution in [0.25, 0.3) is 0 Å². The summed E-state index contributed by atoms with van der Waals surface area (Å²) in [6.45, 7) is 35.4. The Morgan fingerprint density at radius 3 is 1.73 bits per heavy atom. The van der Waals surface area contributed by atoms with Gasteiger partial charge in [0.05, 0.1) is 11.0 Å². The molecule has 9 nitrogen and oxygen atoms in total. The number of quaternary nitrogens is 1. The van der Waals surface area contributed by atoms with E-state index in [-0.39, 0.29) is 57.5 Å². The van der Waals surface area contributed by atoms with Crippen LogP contribution < -0.4 is 12.4 Å². The van der Waals surface area contributed by atoms with Crippen molar-refractivity contribution in [2.75, 3.05) is 45.9 Å². The van der Waals surface area contributed by atoms with Gasteiger partial charge in [-0.15, -0.1) is 0 Å². The molecular formula is C69H116ClN5O4. The van der Waals surface area contributed by atoms with Crippen LogP contribution in [0, 0.1) is 56.7 Å². The van der Waals surface area contributed by atoms with E-state index in [2.05, 4.69) is 96.6 Å². The summed E-state index contributed by atoms with van der Waals surface area (Å²) >= 11 is 0. The van der Waals surface area contributed by atoms with Crippen molar-refractivity contribution in [3.05, 3.63) is 35.1 Å². The number of allylic oxidation sites excluding steroid dienone is 4. The number of amides is 2. The topological polar surface area (TPSA) is 82.5 Å². The molecule has 448 valence electrons. The van der Waals surface area contributed by atoms with Gasteiger partial charge in [0, 0.05) is 44.2 Å². The third kappa shape index (κ3) is 12.7. The van der Waals surface area contributed by atoms with Crippen LogP contribution in [-0.2, 0) is 19.1 Å². The third-order valence-electron chi connectivity index (χ3n) is 24.1. The average molecular weight is 1120 g/mol. The van der Waals surface area contributed by atoms with Crippen molar-refractivity contribution in [1.29, 1.82) is 0 Å². The maximum absolute atomic E-state index is 15.7. The van der Waals surface area contributed by atoms with E-state index in [4.69, 9.17) is 9.84 Å². The van der Waals surface area contributed by atoms with Gasteiger partial charge in [0.1, 0.15) is 19.2 Å². The fourth-order valence-electron chi connectivity index (χ4n) is 19.6. The number of fused-ring (bicyclic) bond motifs is 8. The highest BCUT2D eigenvalue weighted by atomic mass is 35.5. The van der Waals surface area contributed by atoms with E-state index in [0.717, 1.165) is 75.3 Å². The second-order valence-electron chi connectivity index (χ2n) is 29.1.